The number of carboxylic acid groups (broad SMARTS) is 5. The van der Waals surface area contributed by atoms with Gasteiger partial charge in [-0.05, 0) is 19.4 Å². The molecule has 1 aliphatic rings. The zero-order valence-electron chi connectivity index (χ0n) is 29.4. The first-order valence-corrected chi connectivity index (χ1v) is 16.9. The normalized spacial score (nSPS) is 23.2. The zero-order valence-corrected chi connectivity index (χ0v) is 29.4. The molecule has 0 amide bonds. The Morgan fingerprint density at radius 2 is 1.19 bits per heavy atom. The van der Waals surface area contributed by atoms with Crippen molar-refractivity contribution in [1.29, 1.82) is 0 Å². The Morgan fingerprint density at radius 3 is 1.61 bits per heavy atom. The largest absolute Gasteiger partial charge is 0.480 e. The van der Waals surface area contributed by atoms with Crippen molar-refractivity contribution in [2.24, 2.45) is 0 Å². The van der Waals surface area contributed by atoms with Crippen molar-refractivity contribution in [1.82, 2.24) is 20.0 Å². The third-order valence-corrected chi connectivity index (χ3v) is 8.44. The molecule has 0 aromatic heterocycles. The van der Waals surface area contributed by atoms with Crippen LogP contribution in [-0.4, -0.2) is 251 Å². The minimum atomic E-state index is -1.93. The molecule has 0 spiro atoms. The van der Waals surface area contributed by atoms with Crippen molar-refractivity contribution in [2.45, 2.75) is 80.4 Å². The van der Waals surface area contributed by atoms with Gasteiger partial charge in [0.05, 0.1) is 45.5 Å². The number of carbonyl (C=O) groups is 5. The Kier molecular flexibility index (Phi) is 22.6. The smallest absolute Gasteiger partial charge is 0.320 e. The summed E-state index contributed by atoms with van der Waals surface area (Å²) in [5.41, 5.74) is 0. The average molecular weight is 791 g/mol. The summed E-state index contributed by atoms with van der Waals surface area (Å²) in [4.78, 5) is 60.8. The van der Waals surface area contributed by atoms with Crippen molar-refractivity contribution in [2.75, 3.05) is 78.7 Å². The monoisotopic (exact) mass is 790 g/mol. The molecule has 0 aromatic carbocycles. The van der Waals surface area contributed by atoms with E-state index in [2.05, 4.69) is 5.32 Å². The summed E-state index contributed by atoms with van der Waals surface area (Å²) < 4.78 is 10.6. The molecule has 0 bridgehead atoms. The van der Waals surface area contributed by atoms with Crippen LogP contribution in [0.4, 0.5) is 0 Å². The highest BCUT2D eigenvalue weighted by atomic mass is 16.7. The maximum atomic E-state index is 12.4. The highest BCUT2D eigenvalue weighted by Gasteiger charge is 2.46. The fourth-order valence-electron chi connectivity index (χ4n) is 5.63. The van der Waals surface area contributed by atoms with Crippen LogP contribution in [0.25, 0.3) is 0 Å². The lowest BCUT2D eigenvalue weighted by Crippen LogP contribution is -2.61. The Morgan fingerprint density at radius 1 is 0.685 bits per heavy atom. The summed E-state index contributed by atoms with van der Waals surface area (Å²) in [6.07, 6.45) is -15.5. The second kappa shape index (κ2) is 25.0. The topological polar surface area (TPSA) is 389 Å². The summed E-state index contributed by atoms with van der Waals surface area (Å²) in [5.74, 6) is -6.66. The molecule has 24 heteroatoms. The zero-order chi connectivity index (χ0) is 41.1. The van der Waals surface area contributed by atoms with Gasteiger partial charge in [0.15, 0.2) is 6.29 Å². The molecule has 54 heavy (non-hydrogen) atoms. The van der Waals surface area contributed by atoms with Gasteiger partial charge in [-0.2, -0.15) is 0 Å². The lowest BCUT2D eigenvalue weighted by molar-refractivity contribution is -0.327. The molecule has 0 aliphatic carbocycles. The van der Waals surface area contributed by atoms with Gasteiger partial charge in [0, 0.05) is 32.7 Å². The number of nitrogens with one attached hydrogen (secondary N) is 1. The number of hydrogen-bond donors (Lipinski definition) is 14. The number of carboxylic acids is 5. The number of unbranched alkanes of at least 4 members (excludes halogenated alkanes) is 1. The summed E-state index contributed by atoms with van der Waals surface area (Å²) in [6, 6.07) is -1.26. The second-order valence-electron chi connectivity index (χ2n) is 12.7. The van der Waals surface area contributed by atoms with Crippen LogP contribution in [-0.2, 0) is 33.4 Å². The quantitative estimate of drug-likeness (QED) is 0.0300. The first kappa shape index (κ1) is 48.8. The molecule has 10 unspecified atom stereocenters. The molecular weight excluding hydrogens is 736 g/mol. The predicted molar refractivity (Wildman–Crippen MR) is 177 cm³/mol. The van der Waals surface area contributed by atoms with Crippen molar-refractivity contribution in [3.8, 4) is 0 Å². The molecule has 1 fully saturated rings. The van der Waals surface area contributed by atoms with Crippen LogP contribution in [0.3, 0.4) is 0 Å². The van der Waals surface area contributed by atoms with E-state index >= 15 is 0 Å². The number of ether oxygens (including phenoxy) is 2. The van der Waals surface area contributed by atoms with E-state index in [1.165, 1.54) is 4.90 Å². The second-order valence-corrected chi connectivity index (χ2v) is 12.7. The summed E-state index contributed by atoms with van der Waals surface area (Å²) in [6.45, 7) is -5.46. The van der Waals surface area contributed by atoms with E-state index in [0.717, 1.165) is 9.80 Å². The van der Waals surface area contributed by atoms with E-state index in [1.54, 1.807) is 0 Å². The van der Waals surface area contributed by atoms with E-state index in [9.17, 15) is 69.9 Å². The first-order chi connectivity index (χ1) is 25.3. The Hall–Kier alpha value is -3.21. The van der Waals surface area contributed by atoms with Gasteiger partial charge in [-0.25, -0.2) is 0 Å². The van der Waals surface area contributed by atoms with Crippen LogP contribution in [0.2, 0.25) is 0 Å². The third kappa shape index (κ3) is 17.5. The molecule has 10 atom stereocenters. The maximum absolute atomic E-state index is 12.4. The van der Waals surface area contributed by atoms with Gasteiger partial charge in [0.25, 0.3) is 0 Å². The number of aliphatic carboxylic acids is 5. The SMILES string of the molecule is O=C(O)CN(CCN(CCN(CC(=O)O)CC(=O)O)C(CCCCNCC(O)C(O)C(OC1OC(CO)C(O)C(O)C1O)C(O)CO)C(=O)O)CC(=O)O. The van der Waals surface area contributed by atoms with Gasteiger partial charge in [-0.15, -0.1) is 0 Å². The van der Waals surface area contributed by atoms with E-state index < -0.39 is 130 Å². The number of aliphatic hydroxyl groups excluding tert-OH is 8. The lowest BCUT2D eigenvalue weighted by Gasteiger charge is -2.42. The Labute approximate surface area is 309 Å². The van der Waals surface area contributed by atoms with Crippen LogP contribution < -0.4 is 5.32 Å². The first-order valence-electron chi connectivity index (χ1n) is 16.9. The number of nitrogens with zero attached hydrogens (tertiary/aromatic N) is 3. The molecular formula is C30H54N4O20. The van der Waals surface area contributed by atoms with Crippen LogP contribution >= 0.6 is 0 Å². The Bertz CT molecular complexity index is 1100. The van der Waals surface area contributed by atoms with Gasteiger partial charge in [0.2, 0.25) is 0 Å². The minimum absolute atomic E-state index is 0.0321. The molecule has 14 N–H and O–H groups in total. The fraction of sp³-hybridized carbons (Fsp3) is 0.833. The van der Waals surface area contributed by atoms with Gasteiger partial charge in [-0.1, -0.05) is 6.42 Å². The lowest BCUT2D eigenvalue weighted by atomic mass is 9.98. The average Bonchev–Trinajstić information content (AvgIpc) is 3.08. The van der Waals surface area contributed by atoms with Crippen LogP contribution in [0.15, 0.2) is 0 Å². The van der Waals surface area contributed by atoms with E-state index in [4.69, 9.17) is 29.9 Å². The van der Waals surface area contributed by atoms with Crippen molar-refractivity contribution in [3.05, 3.63) is 0 Å². The Balaban J connectivity index is 2.90. The molecule has 1 rings (SSSR count). The van der Waals surface area contributed by atoms with E-state index in [0.29, 0.717) is 0 Å². The fourth-order valence-corrected chi connectivity index (χ4v) is 5.63. The van der Waals surface area contributed by atoms with Gasteiger partial charge in [-0.3, -0.25) is 38.7 Å². The summed E-state index contributed by atoms with van der Waals surface area (Å²) in [7, 11) is 0. The number of rotatable bonds is 30. The summed E-state index contributed by atoms with van der Waals surface area (Å²) in [5, 5.41) is 130. The molecule has 0 aromatic rings. The maximum Gasteiger partial charge on any atom is 0.320 e. The molecule has 1 saturated heterocycles. The molecule has 1 aliphatic heterocycles. The van der Waals surface area contributed by atoms with Crippen molar-refractivity contribution in [3.63, 3.8) is 0 Å². The molecule has 24 nitrogen and oxygen atoms in total. The van der Waals surface area contributed by atoms with Gasteiger partial charge in [0.1, 0.15) is 48.8 Å². The van der Waals surface area contributed by atoms with Crippen LogP contribution in [0, 0.1) is 0 Å². The van der Waals surface area contributed by atoms with Gasteiger partial charge < -0.3 is 81.2 Å². The van der Waals surface area contributed by atoms with Crippen molar-refractivity contribution >= 4 is 29.8 Å². The highest BCUT2D eigenvalue weighted by molar-refractivity contribution is 5.74. The van der Waals surface area contributed by atoms with Gasteiger partial charge >= 0.3 is 29.8 Å². The van der Waals surface area contributed by atoms with E-state index in [-0.39, 0.29) is 58.5 Å². The molecule has 0 radical (unpaired) electrons. The number of aliphatic hydroxyl groups is 8. The molecule has 314 valence electrons. The van der Waals surface area contributed by atoms with Crippen LogP contribution in [0.5, 0.6) is 0 Å². The van der Waals surface area contributed by atoms with Crippen LogP contribution in [0.1, 0.15) is 19.3 Å². The van der Waals surface area contributed by atoms with Crippen molar-refractivity contribution < 1.29 is 99.8 Å². The number of hydrogen-bond acceptors (Lipinski definition) is 19. The molecule has 1 heterocycles. The van der Waals surface area contributed by atoms with E-state index in [1.807, 2.05) is 0 Å². The minimum Gasteiger partial charge on any atom is -0.480 e. The predicted octanol–water partition coefficient (Wildman–Crippen LogP) is -7.30. The molecule has 0 saturated carbocycles. The highest BCUT2D eigenvalue weighted by Crippen LogP contribution is 2.25. The third-order valence-electron chi connectivity index (χ3n) is 8.44. The summed E-state index contributed by atoms with van der Waals surface area (Å²) >= 11 is 0. The standard InChI is InChI=1S/C30H54N4O20/c35-14-18(38)28(54-30-27(50)26(49)25(48)19(15-36)53-30)24(47)17(37)9-31-4-2-1-3-16(29(51)52)34(7-5-32(10-20(39)40)11-21(41)42)8-6-33(12-22(43)44)13-23(45)46/h16-19,24-28,30-31,35-38,47-50H,1-15H2,(H,39,40)(H,41,42)(H,43,44)(H,45,46)(H,51,52).